The number of nitrogens with one attached hydrogen (secondary N) is 1. The molecule has 1 N–H and O–H groups in total. The molecule has 0 amide bonds. The van der Waals surface area contributed by atoms with Gasteiger partial charge in [-0.2, -0.15) is 8.42 Å². The van der Waals surface area contributed by atoms with Crippen LogP contribution in [0.5, 0.6) is 23.1 Å². The third-order valence-electron chi connectivity index (χ3n) is 8.39. The zero-order valence-corrected chi connectivity index (χ0v) is 32.4. The van der Waals surface area contributed by atoms with Crippen molar-refractivity contribution in [3.63, 3.8) is 0 Å². The molecule has 0 saturated heterocycles. The molecule has 0 atom stereocenters. The molecule has 2 aromatic heterocycles. The molecule has 0 spiro atoms. The first kappa shape index (κ1) is 36.3. The van der Waals surface area contributed by atoms with Gasteiger partial charge in [-0.1, -0.05) is 44.5 Å². The van der Waals surface area contributed by atoms with E-state index >= 15 is 0 Å². The van der Waals surface area contributed by atoms with Crippen molar-refractivity contribution in [2.75, 3.05) is 31.7 Å². The number of pyridine rings is 1. The van der Waals surface area contributed by atoms with E-state index in [-0.39, 0.29) is 23.5 Å². The first-order valence-electron chi connectivity index (χ1n) is 17.2. The number of anilines is 2. The van der Waals surface area contributed by atoms with Gasteiger partial charge in [0.2, 0.25) is 14.2 Å². The lowest BCUT2D eigenvalue weighted by molar-refractivity contribution is 0.171. The summed E-state index contributed by atoms with van der Waals surface area (Å²) in [5, 5.41) is 3.59. The maximum atomic E-state index is 12.8. The van der Waals surface area contributed by atoms with Crippen molar-refractivity contribution in [1.29, 1.82) is 0 Å². The van der Waals surface area contributed by atoms with Crippen LogP contribution in [0.3, 0.4) is 0 Å². The number of fused-ring (bicyclic) bond motifs is 2. The third kappa shape index (κ3) is 8.51. The lowest BCUT2D eigenvalue weighted by Gasteiger charge is -2.31. The maximum absolute atomic E-state index is 12.8. The van der Waals surface area contributed by atoms with E-state index in [0.717, 1.165) is 45.4 Å². The summed E-state index contributed by atoms with van der Waals surface area (Å²) in [6.07, 6.45) is 0. The van der Waals surface area contributed by atoms with Crippen LogP contribution >= 0.6 is 0 Å². The van der Waals surface area contributed by atoms with Crippen LogP contribution in [0, 0.1) is 26.2 Å². The van der Waals surface area contributed by atoms with Gasteiger partial charge in [-0.05, 0) is 105 Å². The van der Waals surface area contributed by atoms with Crippen molar-refractivity contribution in [2.24, 2.45) is 5.41 Å². The van der Waals surface area contributed by atoms with E-state index in [1.54, 1.807) is 12.1 Å². The Labute approximate surface area is 302 Å². The molecule has 1 aliphatic rings. The summed E-state index contributed by atoms with van der Waals surface area (Å²) in [6.45, 7) is 18.1. The van der Waals surface area contributed by atoms with E-state index < -0.39 is 18.4 Å². The smallest absolute Gasteiger partial charge is 0.297 e. The lowest BCUT2D eigenvalue weighted by atomic mass is 9.99. The van der Waals surface area contributed by atoms with Crippen LogP contribution in [0.2, 0.25) is 19.1 Å². The van der Waals surface area contributed by atoms with E-state index in [2.05, 4.69) is 65.2 Å². The molecule has 6 rings (SSSR count). The minimum absolute atomic E-state index is 0.0144. The van der Waals surface area contributed by atoms with E-state index in [4.69, 9.17) is 27.8 Å². The third-order valence-corrected chi connectivity index (χ3v) is 12.4. The van der Waals surface area contributed by atoms with E-state index in [0.29, 0.717) is 42.1 Å². The molecular weight excluding hydrogens is 683 g/mol. The average molecular weight is 730 g/mol. The Morgan fingerprint density at radius 3 is 2.25 bits per heavy atom. The molecule has 3 aromatic carbocycles. The zero-order chi connectivity index (χ0) is 36.6. The highest BCUT2D eigenvalue weighted by atomic mass is 32.2. The highest BCUT2D eigenvalue weighted by Crippen LogP contribution is 2.41. The predicted octanol–water partition coefficient (Wildman–Crippen LogP) is 8.86. The maximum Gasteiger partial charge on any atom is 0.297 e. The Kier molecular flexibility index (Phi) is 10.1. The van der Waals surface area contributed by atoms with Crippen LogP contribution < -0.4 is 24.0 Å². The molecule has 1 aliphatic heterocycles. The van der Waals surface area contributed by atoms with Gasteiger partial charge in [-0.3, -0.25) is 4.18 Å². The summed E-state index contributed by atoms with van der Waals surface area (Å²) >= 11 is 0. The summed E-state index contributed by atoms with van der Waals surface area (Å²) in [7, 11) is -5.94. The summed E-state index contributed by atoms with van der Waals surface area (Å²) in [6, 6.07) is 23.1. The van der Waals surface area contributed by atoms with Crippen molar-refractivity contribution in [2.45, 2.75) is 65.6 Å². The second-order valence-corrected chi connectivity index (χ2v) is 20.5. The molecule has 0 aliphatic carbocycles. The molecule has 5 aromatic rings. The number of ether oxygens (including phenoxy) is 3. The fourth-order valence-electron chi connectivity index (χ4n) is 6.78. The molecule has 0 fully saturated rings. The number of aromatic nitrogens is 2. The molecule has 0 saturated carbocycles. The Hall–Kier alpha value is -4.52. The minimum atomic E-state index is -3.94. The highest BCUT2D eigenvalue weighted by molar-refractivity contribution is 7.86. The lowest BCUT2D eigenvalue weighted by Crippen LogP contribution is -2.38. The second-order valence-electron chi connectivity index (χ2n) is 14.8. The SMILES string of the molecule is Cc1ccc(S(=O)(=O)OCCOc2cccc3nc(-c4c(C)cc(O[Si](C)(C)CC(C)(C)C)cc4C)c(Nc4ccc5c(c4)OCCO5)n23)cc1. The van der Waals surface area contributed by atoms with Gasteiger partial charge in [-0.25, -0.2) is 9.38 Å². The van der Waals surface area contributed by atoms with Gasteiger partial charge in [0.1, 0.15) is 49.3 Å². The second kappa shape index (κ2) is 14.2. The highest BCUT2D eigenvalue weighted by Gasteiger charge is 2.31. The van der Waals surface area contributed by atoms with Gasteiger partial charge in [-0.15, -0.1) is 0 Å². The largest absolute Gasteiger partial charge is 0.544 e. The molecule has 3 heterocycles. The quantitative estimate of drug-likeness (QED) is 0.0765. The number of rotatable bonds is 12. The van der Waals surface area contributed by atoms with Crippen molar-refractivity contribution in [3.05, 3.63) is 89.5 Å². The summed E-state index contributed by atoms with van der Waals surface area (Å²) in [5.41, 5.74) is 6.30. The zero-order valence-electron chi connectivity index (χ0n) is 30.6. The Bertz CT molecular complexity index is 2130. The number of hydrogen-bond donors (Lipinski definition) is 1. The normalized spacial score (nSPS) is 13.3. The van der Waals surface area contributed by atoms with E-state index in [9.17, 15) is 8.42 Å². The van der Waals surface area contributed by atoms with Crippen LogP contribution in [0.15, 0.2) is 77.7 Å². The number of aryl methyl sites for hydroxylation is 3. The molecule has 270 valence electrons. The predicted molar refractivity (Wildman–Crippen MR) is 203 cm³/mol. The van der Waals surface area contributed by atoms with Gasteiger partial charge in [0.05, 0.1) is 4.90 Å². The van der Waals surface area contributed by atoms with E-state index in [1.807, 2.05) is 47.7 Å². The Morgan fingerprint density at radius 1 is 0.882 bits per heavy atom. The van der Waals surface area contributed by atoms with Gasteiger partial charge >= 0.3 is 0 Å². The van der Waals surface area contributed by atoms with E-state index in [1.165, 1.54) is 12.1 Å². The number of nitrogens with zero attached hydrogens (tertiary/aromatic N) is 2. The van der Waals surface area contributed by atoms with Crippen molar-refractivity contribution in [3.8, 4) is 34.4 Å². The Morgan fingerprint density at radius 2 is 1.57 bits per heavy atom. The van der Waals surface area contributed by atoms with Gasteiger partial charge in [0.15, 0.2) is 11.5 Å². The number of imidazole rings is 1. The van der Waals surface area contributed by atoms with Crippen LogP contribution in [-0.4, -0.2) is 52.5 Å². The number of benzene rings is 3. The first-order chi connectivity index (χ1) is 24.1. The molecule has 0 unspecified atom stereocenters. The monoisotopic (exact) mass is 729 g/mol. The van der Waals surface area contributed by atoms with Crippen LogP contribution in [-0.2, 0) is 14.3 Å². The topological polar surface area (TPSA) is 110 Å². The number of hydrogen-bond acceptors (Lipinski definition) is 9. The van der Waals surface area contributed by atoms with Gasteiger partial charge < -0.3 is 24.0 Å². The standard InChI is InChI=1S/C39H47N3O7SSi/c1-26-12-15-31(16-13-26)50(43,44)48-21-20-47-35-11-9-10-34-41-37(38(42(34)35)40-29-14-17-32-33(24-29)46-19-18-45-32)36-27(2)22-30(23-28(36)3)49-51(7,8)25-39(4,5)6/h9-17,22-24,40H,18-21,25H2,1-8H3. The summed E-state index contributed by atoms with van der Waals surface area (Å²) in [4.78, 5) is 5.22. The van der Waals surface area contributed by atoms with Crippen LogP contribution in [0.25, 0.3) is 16.9 Å². The minimum Gasteiger partial charge on any atom is -0.544 e. The molecule has 0 bridgehead atoms. The van der Waals surface area contributed by atoms with Crippen molar-refractivity contribution < 1.29 is 31.2 Å². The molecule has 0 radical (unpaired) electrons. The van der Waals surface area contributed by atoms with Gasteiger partial charge in [0.25, 0.3) is 10.1 Å². The van der Waals surface area contributed by atoms with Crippen molar-refractivity contribution in [1.82, 2.24) is 9.38 Å². The van der Waals surface area contributed by atoms with Crippen LogP contribution in [0.4, 0.5) is 11.5 Å². The molecule has 12 heteroatoms. The Balaban J connectivity index is 1.35. The molecule has 10 nitrogen and oxygen atoms in total. The summed E-state index contributed by atoms with van der Waals surface area (Å²) < 4.78 is 57.3. The van der Waals surface area contributed by atoms with Crippen molar-refractivity contribution >= 4 is 35.6 Å². The fourth-order valence-corrected chi connectivity index (χ4v) is 11.1. The molecular formula is C39H47N3O7SSi. The summed E-state index contributed by atoms with van der Waals surface area (Å²) in [5.74, 6) is 3.35. The average Bonchev–Trinajstić information content (AvgIpc) is 3.39. The molecule has 51 heavy (non-hydrogen) atoms. The fraction of sp³-hybridized carbons (Fsp3) is 0.359. The van der Waals surface area contributed by atoms with Crippen LogP contribution in [0.1, 0.15) is 37.5 Å². The first-order valence-corrected chi connectivity index (χ1v) is 21.7. The van der Waals surface area contributed by atoms with Gasteiger partial charge in [0, 0.05) is 17.3 Å².